The molecule has 0 fully saturated rings. The lowest BCUT2D eigenvalue weighted by Gasteiger charge is -2.24. The Balaban J connectivity index is 0.000000240. The van der Waals surface area contributed by atoms with Crippen LogP contribution in [0.25, 0.3) is 0 Å². The van der Waals surface area contributed by atoms with E-state index in [1.807, 2.05) is 18.2 Å². The number of nitrogens with zero attached hydrogens (tertiary/aromatic N) is 2. The van der Waals surface area contributed by atoms with Gasteiger partial charge in [0.25, 0.3) is 0 Å². The Kier molecular flexibility index (Phi) is 10.4. The molecule has 4 amide bonds. The van der Waals surface area contributed by atoms with Crippen molar-refractivity contribution in [2.45, 2.75) is 90.5 Å². The predicted octanol–water partition coefficient (Wildman–Crippen LogP) is 5.74. The predicted molar refractivity (Wildman–Crippen MR) is 170 cm³/mol. The molecular weight excluding hydrogens is 616 g/mol. The molecule has 2 heterocycles. The molecule has 11 heteroatoms. The van der Waals surface area contributed by atoms with E-state index < -0.39 is 35.5 Å². The van der Waals surface area contributed by atoms with E-state index in [0.29, 0.717) is 31.7 Å². The first kappa shape index (κ1) is 32.3. The monoisotopic (exact) mass is 659 g/mol. The maximum Gasteiger partial charge on any atom is 0.408 e. The van der Waals surface area contributed by atoms with Crippen LogP contribution in [0, 0.1) is 0 Å². The molecule has 0 spiro atoms. The number of para-hydroxylation sites is 1. The summed E-state index contributed by atoms with van der Waals surface area (Å²) < 4.78 is 19.1. The Morgan fingerprint density at radius 2 is 1.28 bits per heavy atom. The van der Waals surface area contributed by atoms with Gasteiger partial charge < -0.3 is 29.9 Å². The number of ether oxygens (including phenoxy) is 2. The molecule has 43 heavy (non-hydrogen) atoms. The highest BCUT2D eigenvalue weighted by Gasteiger charge is 2.32. The second kappa shape index (κ2) is 13.8. The highest BCUT2D eigenvalue weighted by Crippen LogP contribution is 2.29. The summed E-state index contributed by atoms with van der Waals surface area (Å²) in [6, 6.07) is 10.2. The fraction of sp³-hybridized carbons (Fsp3) is 0.500. The summed E-state index contributed by atoms with van der Waals surface area (Å²) in [5.74, 6) is -0.311. The van der Waals surface area contributed by atoms with Crippen molar-refractivity contribution in [1.29, 1.82) is 0 Å². The third-order valence-electron chi connectivity index (χ3n) is 6.73. The van der Waals surface area contributed by atoms with Crippen LogP contribution in [0.1, 0.15) is 66.9 Å². The van der Waals surface area contributed by atoms with Gasteiger partial charge in [0, 0.05) is 29.9 Å². The molecule has 4 rings (SSSR count). The van der Waals surface area contributed by atoms with Crippen LogP contribution >= 0.6 is 15.9 Å². The highest BCUT2D eigenvalue weighted by molar-refractivity contribution is 9.10. The molecule has 0 radical (unpaired) electrons. The van der Waals surface area contributed by atoms with Crippen molar-refractivity contribution < 1.29 is 30.0 Å². The molecule has 2 unspecified atom stereocenters. The number of hydrogen-bond acceptors (Lipinski definition) is 6. The number of benzene rings is 2. The third kappa shape index (κ3) is 9.71. The van der Waals surface area contributed by atoms with Crippen molar-refractivity contribution in [3.05, 3.63) is 58.0 Å². The molecule has 2 aromatic carbocycles. The average Bonchev–Trinajstić information content (AvgIpc) is 3.07. The number of hydrogen-bond donors (Lipinski definition) is 2. The van der Waals surface area contributed by atoms with E-state index in [9.17, 15) is 19.2 Å². The minimum atomic E-state index is -0.624. The standard InChI is InChI=1S/C16H21BrN2O3.C16H22N2O3/c1-16(2,3)22-15(21)18-12-7-5-10-9-11(17)6-8-13(10)19(4)14(12)20;1-16(2,3)21-15(20)17-12-10-9-11-7-5-6-8-13(11)18(4)14(12)19/h6,8-9,12H,5,7H2,1-4H3,(H,18,21);5-8,12H,9-10H2,1-4H3,(H,17,20)/i;5D. The zero-order valence-corrected chi connectivity index (χ0v) is 27.8. The summed E-state index contributed by atoms with van der Waals surface area (Å²) in [6.45, 7) is 10.7. The first-order chi connectivity index (χ1) is 20.3. The molecule has 0 aliphatic carbocycles. The second-order valence-corrected chi connectivity index (χ2v) is 13.5. The van der Waals surface area contributed by atoms with E-state index in [-0.39, 0.29) is 11.8 Å². The van der Waals surface area contributed by atoms with Gasteiger partial charge in [-0.15, -0.1) is 0 Å². The first-order valence-corrected chi connectivity index (χ1v) is 15.1. The van der Waals surface area contributed by atoms with E-state index in [0.717, 1.165) is 27.0 Å². The topological polar surface area (TPSA) is 117 Å². The Morgan fingerprint density at radius 1 is 0.814 bits per heavy atom. The van der Waals surface area contributed by atoms with Gasteiger partial charge in [-0.1, -0.05) is 34.1 Å². The normalized spacial score (nSPS) is 19.0. The van der Waals surface area contributed by atoms with Crippen molar-refractivity contribution in [1.82, 2.24) is 10.6 Å². The average molecular weight is 661 g/mol. The van der Waals surface area contributed by atoms with Gasteiger partial charge in [0.2, 0.25) is 11.8 Å². The molecule has 10 nitrogen and oxygen atoms in total. The van der Waals surface area contributed by atoms with Crippen LogP contribution in [-0.2, 0) is 31.9 Å². The molecule has 2 atom stereocenters. The number of nitrogens with one attached hydrogen (secondary N) is 2. The zero-order chi connectivity index (χ0) is 33.0. The number of halogens is 1. The van der Waals surface area contributed by atoms with E-state index >= 15 is 0 Å². The second-order valence-electron chi connectivity index (χ2n) is 12.6. The van der Waals surface area contributed by atoms with E-state index in [4.69, 9.17) is 10.8 Å². The van der Waals surface area contributed by atoms with Crippen LogP contribution in [-0.4, -0.2) is 61.4 Å². The molecule has 0 aromatic heterocycles. The number of rotatable bonds is 2. The van der Waals surface area contributed by atoms with Gasteiger partial charge in [0.05, 0.1) is 1.37 Å². The van der Waals surface area contributed by atoms with Crippen LogP contribution in [0.4, 0.5) is 21.0 Å². The van der Waals surface area contributed by atoms with Crippen molar-refractivity contribution in [3.8, 4) is 0 Å². The highest BCUT2D eigenvalue weighted by atomic mass is 79.9. The van der Waals surface area contributed by atoms with Gasteiger partial charge in [-0.2, -0.15) is 0 Å². The van der Waals surface area contributed by atoms with Crippen molar-refractivity contribution >= 4 is 51.3 Å². The van der Waals surface area contributed by atoms with Crippen molar-refractivity contribution in [2.75, 3.05) is 23.9 Å². The summed E-state index contributed by atoms with van der Waals surface area (Å²) >= 11 is 3.45. The van der Waals surface area contributed by atoms with Crippen molar-refractivity contribution in [3.63, 3.8) is 0 Å². The summed E-state index contributed by atoms with van der Waals surface area (Å²) in [5.41, 5.74) is 2.50. The van der Waals surface area contributed by atoms with Crippen LogP contribution in [0.15, 0.2) is 46.9 Å². The van der Waals surface area contributed by atoms with Crippen molar-refractivity contribution in [2.24, 2.45) is 0 Å². The summed E-state index contributed by atoms with van der Waals surface area (Å²) in [6.07, 6.45) is 1.21. The van der Waals surface area contributed by atoms with E-state index in [1.54, 1.807) is 78.7 Å². The van der Waals surface area contributed by atoms with E-state index in [2.05, 4.69) is 26.6 Å². The quantitative estimate of drug-likeness (QED) is 0.425. The number of carbonyl (C=O) groups is 4. The summed E-state index contributed by atoms with van der Waals surface area (Å²) in [4.78, 5) is 52.0. The lowest BCUT2D eigenvalue weighted by Crippen LogP contribution is -2.48. The number of carbonyl (C=O) groups excluding carboxylic acids is 4. The van der Waals surface area contributed by atoms with Gasteiger partial charge in [0.15, 0.2) is 0 Å². The van der Waals surface area contributed by atoms with Gasteiger partial charge in [-0.25, -0.2) is 9.59 Å². The van der Waals surface area contributed by atoms with Gasteiger partial charge in [-0.05, 0) is 103 Å². The van der Waals surface area contributed by atoms with Crippen LogP contribution in [0.3, 0.4) is 0 Å². The fourth-order valence-corrected chi connectivity index (χ4v) is 5.19. The molecule has 0 bridgehead atoms. The number of anilines is 2. The lowest BCUT2D eigenvalue weighted by atomic mass is 10.1. The fourth-order valence-electron chi connectivity index (χ4n) is 4.78. The van der Waals surface area contributed by atoms with Crippen LogP contribution in [0.2, 0.25) is 0 Å². The Morgan fingerprint density at radius 3 is 1.77 bits per heavy atom. The van der Waals surface area contributed by atoms with Gasteiger partial charge in [0.1, 0.15) is 23.3 Å². The number of aryl methyl sites for hydroxylation is 2. The molecular formula is C32H43BrN4O6. The van der Waals surface area contributed by atoms with Gasteiger partial charge in [-0.3, -0.25) is 9.59 Å². The summed E-state index contributed by atoms with van der Waals surface area (Å²) in [7, 11) is 3.41. The number of fused-ring (bicyclic) bond motifs is 2. The molecule has 0 saturated heterocycles. The van der Waals surface area contributed by atoms with E-state index in [1.165, 1.54) is 4.90 Å². The lowest BCUT2D eigenvalue weighted by molar-refractivity contribution is -0.121. The minimum Gasteiger partial charge on any atom is -0.444 e. The van der Waals surface area contributed by atoms with Crippen LogP contribution in [0.5, 0.6) is 0 Å². The van der Waals surface area contributed by atoms with Gasteiger partial charge >= 0.3 is 12.2 Å². The molecule has 2 aromatic rings. The Bertz CT molecular complexity index is 1300. The van der Waals surface area contributed by atoms with Crippen LogP contribution < -0.4 is 20.4 Å². The zero-order valence-electron chi connectivity index (χ0n) is 27.2. The summed E-state index contributed by atoms with van der Waals surface area (Å²) in [5, 5.41) is 5.33. The molecule has 2 aliphatic heterocycles. The molecule has 234 valence electrons. The minimum absolute atomic E-state index is 0.132. The largest absolute Gasteiger partial charge is 0.444 e. The smallest absolute Gasteiger partial charge is 0.408 e. The molecule has 2 aliphatic rings. The Hall–Kier alpha value is -3.60. The number of amides is 4. The number of alkyl carbamates (subject to hydrolysis) is 2. The maximum atomic E-state index is 12.5. The maximum absolute atomic E-state index is 12.5. The molecule has 2 N–H and O–H groups in total. The first-order valence-electron chi connectivity index (χ1n) is 14.8. The number of likely N-dealkylation sites (N-methyl/N-ethyl adjacent to an activating group) is 2. The SMILES string of the molecule is CN1C(=O)C(NC(=O)OC(C)(C)C)CCc2cc(Br)ccc21.[2H]c1ccc2c(c1)CCC(NC(=O)OC(C)(C)C)C(=O)N2C. The molecule has 0 saturated carbocycles. The Labute approximate surface area is 264 Å². The third-order valence-corrected chi connectivity index (χ3v) is 7.23.